The molecule has 0 bridgehead atoms. The van der Waals surface area contributed by atoms with Crippen LogP contribution in [-0.4, -0.2) is 19.8 Å². The van der Waals surface area contributed by atoms with Crippen molar-refractivity contribution in [1.29, 1.82) is 0 Å². The Hall–Kier alpha value is -1.80. The van der Waals surface area contributed by atoms with Gasteiger partial charge in [0.05, 0.1) is 14.9 Å². The molecule has 0 aliphatic carbocycles. The number of halogens is 2. The van der Waals surface area contributed by atoms with Crippen molar-refractivity contribution in [3.8, 4) is 10.6 Å². The van der Waals surface area contributed by atoms with Gasteiger partial charge >= 0.3 is 0 Å². The van der Waals surface area contributed by atoms with Gasteiger partial charge < -0.3 is 0 Å². The molecule has 25 heavy (non-hydrogen) atoms. The van der Waals surface area contributed by atoms with Crippen molar-refractivity contribution in [2.24, 2.45) is 0 Å². The zero-order chi connectivity index (χ0) is 17.4. The highest BCUT2D eigenvalue weighted by molar-refractivity contribution is 7.98. The van der Waals surface area contributed by atoms with Crippen LogP contribution in [0.25, 0.3) is 16.1 Å². The van der Waals surface area contributed by atoms with Crippen LogP contribution in [0.4, 0.5) is 0 Å². The fourth-order valence-corrected chi connectivity index (χ4v) is 4.38. The van der Waals surface area contributed by atoms with Gasteiger partial charge in [-0.3, -0.25) is 4.79 Å². The Morgan fingerprint density at radius 1 is 1.24 bits per heavy atom. The molecule has 1 N–H and O–H groups in total. The minimum atomic E-state index is -0.277. The summed E-state index contributed by atoms with van der Waals surface area (Å²) < 4.78 is 1.57. The SMILES string of the molecule is O=c1[nH]nc(SCc2cccc(Cl)c2Cl)n2nc(-c3cccs3)cc12. The summed E-state index contributed by atoms with van der Waals surface area (Å²) in [5.41, 5.74) is 1.82. The zero-order valence-electron chi connectivity index (χ0n) is 12.6. The minimum Gasteiger partial charge on any atom is -0.266 e. The molecule has 0 fully saturated rings. The summed E-state index contributed by atoms with van der Waals surface area (Å²) in [6, 6.07) is 11.2. The number of nitrogens with one attached hydrogen (secondary N) is 1. The fourth-order valence-electron chi connectivity index (χ4n) is 2.33. The molecule has 5 nitrogen and oxygen atoms in total. The summed E-state index contributed by atoms with van der Waals surface area (Å²) in [4.78, 5) is 13.1. The predicted octanol–water partition coefficient (Wildman–Crippen LogP) is 4.75. The topological polar surface area (TPSA) is 63.0 Å². The van der Waals surface area contributed by atoms with Gasteiger partial charge in [0.25, 0.3) is 5.56 Å². The molecular formula is C16H10Cl2N4OS2. The van der Waals surface area contributed by atoms with E-state index >= 15 is 0 Å². The molecule has 3 heterocycles. The van der Waals surface area contributed by atoms with Crippen LogP contribution < -0.4 is 5.56 Å². The van der Waals surface area contributed by atoms with Crippen LogP contribution in [0, 0.1) is 0 Å². The summed E-state index contributed by atoms with van der Waals surface area (Å²) in [5, 5.41) is 14.8. The Balaban J connectivity index is 1.71. The molecule has 9 heteroatoms. The number of hydrogen-bond acceptors (Lipinski definition) is 5. The molecule has 4 aromatic rings. The van der Waals surface area contributed by atoms with Gasteiger partial charge in [-0.05, 0) is 29.1 Å². The molecule has 0 radical (unpaired) electrons. The normalized spacial score (nSPS) is 11.3. The Labute approximate surface area is 160 Å². The summed E-state index contributed by atoms with van der Waals surface area (Å²) in [5.74, 6) is 0.557. The zero-order valence-corrected chi connectivity index (χ0v) is 15.7. The molecule has 0 aliphatic heterocycles. The largest absolute Gasteiger partial charge is 0.290 e. The molecule has 3 aromatic heterocycles. The number of benzene rings is 1. The van der Waals surface area contributed by atoms with Crippen LogP contribution in [0.15, 0.2) is 51.7 Å². The van der Waals surface area contributed by atoms with E-state index in [9.17, 15) is 4.79 Å². The van der Waals surface area contributed by atoms with Crippen molar-refractivity contribution in [3.05, 3.63) is 67.7 Å². The summed E-state index contributed by atoms with van der Waals surface area (Å²) in [7, 11) is 0. The second-order valence-electron chi connectivity index (χ2n) is 5.14. The standard InChI is InChI=1S/C16H10Cl2N4OS2/c17-10-4-1-3-9(14(10)18)8-25-16-20-19-15(23)12-7-11(21-22(12)16)13-5-2-6-24-13/h1-7H,8H2,(H,19,23). The van der Waals surface area contributed by atoms with Crippen LogP contribution in [0.2, 0.25) is 10.0 Å². The Morgan fingerprint density at radius 3 is 2.92 bits per heavy atom. The highest BCUT2D eigenvalue weighted by Gasteiger charge is 2.14. The Kier molecular flexibility index (Phi) is 4.56. The lowest BCUT2D eigenvalue weighted by Crippen LogP contribution is -2.13. The van der Waals surface area contributed by atoms with E-state index in [1.807, 2.05) is 29.6 Å². The predicted molar refractivity (Wildman–Crippen MR) is 103 cm³/mol. The number of rotatable bonds is 4. The van der Waals surface area contributed by atoms with Crippen molar-refractivity contribution in [3.63, 3.8) is 0 Å². The third-order valence-electron chi connectivity index (χ3n) is 3.54. The van der Waals surface area contributed by atoms with Crippen molar-refractivity contribution in [1.82, 2.24) is 19.8 Å². The number of hydrogen-bond donors (Lipinski definition) is 1. The van der Waals surface area contributed by atoms with Crippen molar-refractivity contribution in [2.75, 3.05) is 0 Å². The van der Waals surface area contributed by atoms with E-state index in [1.54, 1.807) is 28.0 Å². The number of H-pyrrole nitrogens is 1. The molecule has 126 valence electrons. The average Bonchev–Trinajstić information content (AvgIpc) is 3.27. The fraction of sp³-hybridized carbons (Fsp3) is 0.0625. The second kappa shape index (κ2) is 6.84. The number of aromatic nitrogens is 4. The van der Waals surface area contributed by atoms with E-state index in [0.29, 0.717) is 26.5 Å². The van der Waals surface area contributed by atoms with Gasteiger partial charge in [0.15, 0.2) is 0 Å². The lowest BCUT2D eigenvalue weighted by atomic mass is 10.2. The molecule has 0 amide bonds. The molecule has 0 saturated heterocycles. The van der Waals surface area contributed by atoms with Crippen LogP contribution in [-0.2, 0) is 5.75 Å². The second-order valence-corrected chi connectivity index (χ2v) is 7.82. The highest BCUT2D eigenvalue weighted by atomic mass is 35.5. The minimum absolute atomic E-state index is 0.277. The number of thiophene rings is 1. The third-order valence-corrected chi connectivity index (χ3v) is 6.27. The van der Waals surface area contributed by atoms with E-state index in [0.717, 1.165) is 16.1 Å². The average molecular weight is 409 g/mol. The van der Waals surface area contributed by atoms with Crippen LogP contribution >= 0.6 is 46.3 Å². The Morgan fingerprint density at radius 2 is 2.12 bits per heavy atom. The first-order valence-electron chi connectivity index (χ1n) is 7.21. The number of nitrogens with zero attached hydrogens (tertiary/aromatic N) is 3. The van der Waals surface area contributed by atoms with Gasteiger partial charge in [-0.15, -0.1) is 16.4 Å². The third kappa shape index (κ3) is 3.20. The van der Waals surface area contributed by atoms with Gasteiger partial charge in [0, 0.05) is 5.75 Å². The van der Waals surface area contributed by atoms with Crippen LogP contribution in [0.5, 0.6) is 0 Å². The van der Waals surface area contributed by atoms with E-state index in [2.05, 4.69) is 15.3 Å². The lowest BCUT2D eigenvalue weighted by molar-refractivity contribution is 0.728. The molecule has 0 unspecified atom stereocenters. The molecule has 0 atom stereocenters. The number of thioether (sulfide) groups is 1. The maximum atomic E-state index is 12.1. The molecule has 0 saturated carbocycles. The van der Waals surface area contributed by atoms with Crippen LogP contribution in [0.1, 0.15) is 5.56 Å². The van der Waals surface area contributed by atoms with Gasteiger partial charge in [0.1, 0.15) is 11.2 Å². The molecular weight excluding hydrogens is 399 g/mol. The number of fused-ring (bicyclic) bond motifs is 1. The summed E-state index contributed by atoms with van der Waals surface area (Å²) in [6.07, 6.45) is 0. The molecule has 0 spiro atoms. The molecule has 0 aliphatic rings. The van der Waals surface area contributed by atoms with Crippen molar-refractivity contribution < 1.29 is 0 Å². The van der Waals surface area contributed by atoms with Crippen molar-refractivity contribution >= 4 is 51.8 Å². The van der Waals surface area contributed by atoms with Crippen LogP contribution in [0.3, 0.4) is 0 Å². The summed E-state index contributed by atoms with van der Waals surface area (Å²) >= 11 is 15.3. The first kappa shape index (κ1) is 16.7. The highest BCUT2D eigenvalue weighted by Crippen LogP contribution is 2.31. The maximum absolute atomic E-state index is 12.1. The van der Waals surface area contributed by atoms with E-state index < -0.39 is 0 Å². The monoisotopic (exact) mass is 408 g/mol. The smallest absolute Gasteiger partial charge is 0.266 e. The summed E-state index contributed by atoms with van der Waals surface area (Å²) in [6.45, 7) is 0. The van der Waals surface area contributed by atoms with E-state index in [4.69, 9.17) is 23.2 Å². The van der Waals surface area contributed by atoms with E-state index in [1.165, 1.54) is 11.8 Å². The molecule has 1 aromatic carbocycles. The van der Waals surface area contributed by atoms with E-state index in [-0.39, 0.29) is 5.56 Å². The quantitative estimate of drug-likeness (QED) is 0.495. The van der Waals surface area contributed by atoms with Gasteiger partial charge in [-0.2, -0.15) is 5.10 Å². The molecule has 4 rings (SSSR count). The number of aromatic amines is 1. The van der Waals surface area contributed by atoms with Crippen molar-refractivity contribution in [2.45, 2.75) is 10.9 Å². The first-order chi connectivity index (χ1) is 12.1. The lowest BCUT2D eigenvalue weighted by Gasteiger charge is -2.06. The first-order valence-corrected chi connectivity index (χ1v) is 9.83. The maximum Gasteiger partial charge on any atom is 0.290 e. The van der Waals surface area contributed by atoms with Gasteiger partial charge in [-0.25, -0.2) is 9.61 Å². The van der Waals surface area contributed by atoms with Gasteiger partial charge in [-0.1, -0.05) is 53.2 Å². The Bertz CT molecular complexity index is 1110. The van der Waals surface area contributed by atoms with Gasteiger partial charge in [0.2, 0.25) is 5.16 Å².